The fraction of sp³-hybridized carbons (Fsp3) is 0.190. The Labute approximate surface area is 157 Å². The van der Waals surface area contributed by atoms with Gasteiger partial charge < -0.3 is 5.32 Å². The fourth-order valence-corrected chi connectivity index (χ4v) is 3.58. The molecule has 3 aromatic rings. The molecule has 2 aromatic carbocycles. The Bertz CT molecular complexity index is 994. The molecule has 0 aliphatic carbocycles. The van der Waals surface area contributed by atoms with Crippen molar-refractivity contribution in [2.75, 3.05) is 5.75 Å². The summed E-state index contributed by atoms with van der Waals surface area (Å²) in [6.45, 7) is 4.53. The van der Waals surface area contributed by atoms with Gasteiger partial charge in [-0.1, -0.05) is 48.2 Å². The largest absolute Gasteiger partial charge is 0.351 e. The van der Waals surface area contributed by atoms with Crippen LogP contribution in [0.5, 0.6) is 0 Å². The number of nitrogens with one attached hydrogen (secondary N) is 1. The van der Waals surface area contributed by atoms with E-state index in [1.165, 1.54) is 11.8 Å². The van der Waals surface area contributed by atoms with Gasteiger partial charge in [0.1, 0.15) is 11.1 Å². The minimum atomic E-state index is -0.0786. The van der Waals surface area contributed by atoms with Crippen LogP contribution in [0, 0.1) is 25.2 Å². The molecule has 0 bridgehead atoms. The van der Waals surface area contributed by atoms with E-state index in [-0.39, 0.29) is 11.7 Å². The second kappa shape index (κ2) is 8.03. The van der Waals surface area contributed by atoms with Crippen LogP contribution in [0.15, 0.2) is 53.6 Å². The van der Waals surface area contributed by atoms with Crippen molar-refractivity contribution in [3.63, 3.8) is 0 Å². The first kappa shape index (κ1) is 18.0. The van der Waals surface area contributed by atoms with Gasteiger partial charge in [0.05, 0.1) is 16.8 Å². The summed E-state index contributed by atoms with van der Waals surface area (Å²) in [4.78, 5) is 16.7. The highest BCUT2D eigenvalue weighted by Crippen LogP contribution is 2.27. The third kappa shape index (κ3) is 4.22. The Morgan fingerprint density at radius 1 is 1.19 bits per heavy atom. The summed E-state index contributed by atoms with van der Waals surface area (Å²) in [5.41, 5.74) is 4.64. The van der Waals surface area contributed by atoms with E-state index in [0.717, 1.165) is 27.6 Å². The molecule has 0 unspecified atom stereocenters. The van der Waals surface area contributed by atoms with Crippen molar-refractivity contribution in [2.24, 2.45) is 0 Å². The molecule has 1 N–H and O–H groups in total. The van der Waals surface area contributed by atoms with Gasteiger partial charge in [-0.3, -0.25) is 4.79 Å². The summed E-state index contributed by atoms with van der Waals surface area (Å²) in [7, 11) is 0. The average molecular weight is 361 g/mol. The number of aryl methyl sites for hydroxylation is 2. The minimum Gasteiger partial charge on any atom is -0.351 e. The molecule has 4 nitrogen and oxygen atoms in total. The standard InChI is InChI=1S/C21H19N3OS/c1-14-8-15(2)18-10-17(11-22)21(24-19(18)9-14)26-13-20(25)23-12-16-6-4-3-5-7-16/h3-10H,12-13H2,1-2H3,(H,23,25). The molecule has 0 saturated carbocycles. The summed E-state index contributed by atoms with van der Waals surface area (Å²) >= 11 is 1.30. The van der Waals surface area contributed by atoms with E-state index in [9.17, 15) is 10.1 Å². The van der Waals surface area contributed by atoms with Crippen LogP contribution >= 0.6 is 11.8 Å². The van der Waals surface area contributed by atoms with E-state index in [0.29, 0.717) is 17.1 Å². The maximum atomic E-state index is 12.1. The second-order valence-corrected chi connectivity index (χ2v) is 7.12. The van der Waals surface area contributed by atoms with Crippen molar-refractivity contribution in [3.05, 3.63) is 70.8 Å². The number of aromatic nitrogens is 1. The van der Waals surface area contributed by atoms with E-state index >= 15 is 0 Å². The maximum Gasteiger partial charge on any atom is 0.230 e. The summed E-state index contributed by atoms with van der Waals surface area (Å²) in [6.07, 6.45) is 0. The molecule has 0 spiro atoms. The number of hydrogen-bond donors (Lipinski definition) is 1. The lowest BCUT2D eigenvalue weighted by atomic mass is 10.1. The zero-order chi connectivity index (χ0) is 18.5. The van der Waals surface area contributed by atoms with Crippen LogP contribution in [0.25, 0.3) is 10.9 Å². The van der Waals surface area contributed by atoms with Crippen molar-refractivity contribution in [1.29, 1.82) is 5.26 Å². The van der Waals surface area contributed by atoms with Crippen molar-refractivity contribution < 1.29 is 4.79 Å². The van der Waals surface area contributed by atoms with Gasteiger partial charge in [-0.05, 0) is 42.7 Å². The van der Waals surface area contributed by atoms with Crippen LogP contribution < -0.4 is 5.32 Å². The van der Waals surface area contributed by atoms with E-state index in [1.54, 1.807) is 0 Å². The molecule has 130 valence electrons. The first-order valence-electron chi connectivity index (χ1n) is 8.32. The predicted octanol–water partition coefficient (Wildman–Crippen LogP) is 4.13. The Morgan fingerprint density at radius 2 is 1.96 bits per heavy atom. The van der Waals surface area contributed by atoms with Gasteiger partial charge >= 0.3 is 0 Å². The van der Waals surface area contributed by atoms with Crippen molar-refractivity contribution in [3.8, 4) is 6.07 Å². The SMILES string of the molecule is Cc1cc(C)c2cc(C#N)c(SCC(=O)NCc3ccccc3)nc2c1. The van der Waals surface area contributed by atoms with Crippen LogP contribution in [0.4, 0.5) is 0 Å². The Kier molecular flexibility index (Phi) is 5.55. The molecule has 0 atom stereocenters. The van der Waals surface area contributed by atoms with E-state index in [2.05, 4.69) is 22.4 Å². The highest BCUT2D eigenvalue weighted by molar-refractivity contribution is 8.00. The summed E-state index contributed by atoms with van der Waals surface area (Å²) in [6, 6.07) is 17.9. The number of benzene rings is 2. The molecule has 0 aliphatic rings. The molecular formula is C21H19N3OS. The van der Waals surface area contributed by atoms with Gasteiger partial charge in [-0.25, -0.2) is 4.98 Å². The summed E-state index contributed by atoms with van der Waals surface area (Å²) < 4.78 is 0. The molecule has 3 rings (SSSR count). The number of nitriles is 1. The molecule has 1 aromatic heterocycles. The monoisotopic (exact) mass is 361 g/mol. The van der Waals surface area contributed by atoms with Crippen LogP contribution in [-0.2, 0) is 11.3 Å². The lowest BCUT2D eigenvalue weighted by Crippen LogP contribution is -2.24. The number of carbonyl (C=O) groups excluding carboxylic acids is 1. The highest BCUT2D eigenvalue weighted by atomic mass is 32.2. The fourth-order valence-electron chi connectivity index (χ4n) is 2.78. The Morgan fingerprint density at radius 3 is 2.69 bits per heavy atom. The summed E-state index contributed by atoms with van der Waals surface area (Å²) in [5, 5.41) is 13.9. The second-order valence-electron chi connectivity index (χ2n) is 6.15. The van der Waals surface area contributed by atoms with Crippen LogP contribution in [-0.4, -0.2) is 16.6 Å². The molecule has 0 radical (unpaired) electrons. The number of amides is 1. The topological polar surface area (TPSA) is 65.8 Å². The average Bonchev–Trinajstić information content (AvgIpc) is 2.64. The third-order valence-electron chi connectivity index (χ3n) is 4.04. The zero-order valence-corrected chi connectivity index (χ0v) is 15.6. The predicted molar refractivity (Wildman–Crippen MR) is 105 cm³/mol. The first-order chi connectivity index (χ1) is 12.6. The zero-order valence-electron chi connectivity index (χ0n) is 14.7. The molecule has 0 aliphatic heterocycles. The molecule has 0 saturated heterocycles. The van der Waals surface area contributed by atoms with Crippen molar-refractivity contribution in [1.82, 2.24) is 10.3 Å². The van der Waals surface area contributed by atoms with Crippen LogP contribution in [0.1, 0.15) is 22.3 Å². The number of nitrogens with zero attached hydrogens (tertiary/aromatic N) is 2. The number of rotatable bonds is 5. The van der Waals surface area contributed by atoms with E-state index < -0.39 is 0 Å². The molecular weight excluding hydrogens is 342 g/mol. The normalized spacial score (nSPS) is 10.5. The molecule has 0 fully saturated rings. The molecule has 26 heavy (non-hydrogen) atoms. The highest BCUT2D eigenvalue weighted by Gasteiger charge is 2.11. The smallest absolute Gasteiger partial charge is 0.230 e. The molecule has 5 heteroatoms. The van der Waals surface area contributed by atoms with Crippen molar-refractivity contribution >= 4 is 28.6 Å². The van der Waals surface area contributed by atoms with Gasteiger partial charge in [0.15, 0.2) is 0 Å². The first-order valence-corrected chi connectivity index (χ1v) is 9.31. The van der Waals surface area contributed by atoms with Crippen molar-refractivity contribution in [2.45, 2.75) is 25.4 Å². The maximum absolute atomic E-state index is 12.1. The number of hydrogen-bond acceptors (Lipinski definition) is 4. The lowest BCUT2D eigenvalue weighted by Gasteiger charge is -2.09. The number of fused-ring (bicyclic) bond motifs is 1. The number of carbonyl (C=O) groups is 1. The van der Waals surface area contributed by atoms with E-state index in [1.807, 2.05) is 56.3 Å². The van der Waals surface area contributed by atoms with Gasteiger partial charge in [0.25, 0.3) is 0 Å². The quantitative estimate of drug-likeness (QED) is 0.694. The molecule has 1 amide bonds. The van der Waals surface area contributed by atoms with Crippen LogP contribution in [0.3, 0.4) is 0 Å². The van der Waals surface area contributed by atoms with Gasteiger partial charge in [-0.2, -0.15) is 5.26 Å². The van der Waals surface area contributed by atoms with Gasteiger partial charge in [-0.15, -0.1) is 0 Å². The third-order valence-corrected chi connectivity index (χ3v) is 5.03. The molecule has 1 heterocycles. The van der Waals surface area contributed by atoms with E-state index in [4.69, 9.17) is 0 Å². The minimum absolute atomic E-state index is 0.0786. The van der Waals surface area contributed by atoms with Crippen LogP contribution in [0.2, 0.25) is 0 Å². The lowest BCUT2D eigenvalue weighted by molar-refractivity contribution is -0.118. The number of thioether (sulfide) groups is 1. The van der Waals surface area contributed by atoms with Gasteiger partial charge in [0.2, 0.25) is 5.91 Å². The summed E-state index contributed by atoms with van der Waals surface area (Å²) in [5.74, 6) is 0.148. The Balaban J connectivity index is 1.72. The number of pyridine rings is 1. The Hall–Kier alpha value is -2.84. The van der Waals surface area contributed by atoms with Gasteiger partial charge in [0, 0.05) is 11.9 Å².